The zero-order valence-electron chi connectivity index (χ0n) is 15.2. The molecule has 1 aliphatic carbocycles. The van der Waals surface area contributed by atoms with Gasteiger partial charge in [0.25, 0.3) is 0 Å². The second-order valence-corrected chi connectivity index (χ2v) is 7.87. The lowest BCUT2D eigenvalue weighted by atomic mass is 9.94. The van der Waals surface area contributed by atoms with Crippen LogP contribution >= 0.6 is 11.8 Å². The van der Waals surface area contributed by atoms with Gasteiger partial charge in [-0.15, -0.1) is 5.10 Å². The summed E-state index contributed by atoms with van der Waals surface area (Å²) < 4.78 is 1.59. The Morgan fingerprint density at radius 2 is 2.00 bits per heavy atom. The normalized spacial score (nSPS) is 16.4. The zero-order valence-corrected chi connectivity index (χ0v) is 16.0. The summed E-state index contributed by atoms with van der Waals surface area (Å²) in [6.07, 6.45) is 5.88. The summed E-state index contributed by atoms with van der Waals surface area (Å²) in [6, 6.07) is 7.01. The molecule has 1 saturated carbocycles. The van der Waals surface area contributed by atoms with Crippen molar-refractivity contribution in [1.29, 1.82) is 0 Å². The van der Waals surface area contributed by atoms with E-state index in [9.17, 15) is 9.90 Å². The number of benzene rings is 1. The van der Waals surface area contributed by atoms with Crippen LogP contribution < -0.4 is 0 Å². The maximum Gasteiger partial charge on any atom is 0.236 e. The summed E-state index contributed by atoms with van der Waals surface area (Å²) >= 11 is 1.36. The fourth-order valence-corrected chi connectivity index (χ4v) is 4.31. The first-order valence-corrected chi connectivity index (χ1v) is 10.0. The molecule has 0 aliphatic heterocycles. The van der Waals surface area contributed by atoms with Gasteiger partial charge in [0, 0.05) is 12.6 Å². The molecule has 0 saturated heterocycles. The number of phenols is 1. The molecule has 8 heteroatoms. The lowest BCUT2D eigenvalue weighted by Gasteiger charge is -2.35. The molecular formula is C18H25N5O2S. The number of tetrazole rings is 1. The van der Waals surface area contributed by atoms with Gasteiger partial charge in [-0.1, -0.05) is 31.0 Å². The highest BCUT2D eigenvalue weighted by Crippen LogP contribution is 2.28. The van der Waals surface area contributed by atoms with Gasteiger partial charge >= 0.3 is 0 Å². The van der Waals surface area contributed by atoms with Crippen molar-refractivity contribution >= 4 is 17.7 Å². The number of hydrogen-bond acceptors (Lipinski definition) is 6. The third-order valence-corrected chi connectivity index (χ3v) is 5.82. The lowest BCUT2D eigenvalue weighted by Crippen LogP contribution is -2.44. The summed E-state index contributed by atoms with van der Waals surface area (Å²) in [5, 5.41) is 21.6. The van der Waals surface area contributed by atoms with E-state index in [1.807, 2.05) is 18.7 Å². The second kappa shape index (κ2) is 8.53. The van der Waals surface area contributed by atoms with Gasteiger partial charge in [-0.05, 0) is 61.4 Å². The number of phenolic OH excluding ortho intramolecular Hbond substituents is 1. The maximum atomic E-state index is 13.0. The third kappa shape index (κ3) is 4.17. The number of carbonyl (C=O) groups excluding carboxylic acids is 1. The van der Waals surface area contributed by atoms with Crippen molar-refractivity contribution in [3.63, 3.8) is 0 Å². The van der Waals surface area contributed by atoms with E-state index in [4.69, 9.17) is 0 Å². The Labute approximate surface area is 157 Å². The van der Waals surface area contributed by atoms with E-state index in [2.05, 4.69) is 15.5 Å². The Bertz CT molecular complexity index is 727. The number of hydrogen-bond donors (Lipinski definition) is 1. The molecule has 2 aromatic rings. The fourth-order valence-electron chi connectivity index (χ4n) is 3.44. The molecule has 1 fully saturated rings. The van der Waals surface area contributed by atoms with E-state index in [1.165, 1.54) is 31.0 Å². The number of nitrogens with zero attached hydrogens (tertiary/aromatic N) is 5. The molecule has 7 nitrogen and oxygen atoms in total. The second-order valence-electron chi connectivity index (χ2n) is 6.57. The first-order chi connectivity index (χ1) is 12.6. The van der Waals surface area contributed by atoms with Gasteiger partial charge in [-0.25, -0.2) is 0 Å². The highest BCUT2D eigenvalue weighted by Gasteiger charge is 2.29. The number of thioether (sulfide) groups is 1. The Hall–Kier alpha value is -2.09. The van der Waals surface area contributed by atoms with Crippen molar-refractivity contribution in [1.82, 2.24) is 25.1 Å². The van der Waals surface area contributed by atoms with Crippen LogP contribution in [-0.2, 0) is 4.79 Å². The fraction of sp³-hybridized carbons (Fsp3) is 0.556. The highest BCUT2D eigenvalue weighted by molar-refractivity contribution is 8.00. The summed E-state index contributed by atoms with van der Waals surface area (Å²) in [5.74, 6) is 0.329. The largest absolute Gasteiger partial charge is 0.508 e. The molecule has 26 heavy (non-hydrogen) atoms. The number of amides is 1. The minimum Gasteiger partial charge on any atom is -0.508 e. The molecule has 0 radical (unpaired) electrons. The van der Waals surface area contributed by atoms with Crippen LogP contribution in [0, 0.1) is 0 Å². The molecule has 1 aromatic heterocycles. The smallest absolute Gasteiger partial charge is 0.236 e. The molecule has 3 rings (SSSR count). The van der Waals surface area contributed by atoms with Crippen molar-refractivity contribution < 1.29 is 9.90 Å². The molecule has 1 aromatic carbocycles. The van der Waals surface area contributed by atoms with Crippen LogP contribution in [0.5, 0.6) is 5.75 Å². The van der Waals surface area contributed by atoms with Gasteiger partial charge in [-0.3, -0.25) is 4.79 Å². The van der Waals surface area contributed by atoms with Gasteiger partial charge in [0.05, 0.1) is 10.9 Å². The van der Waals surface area contributed by atoms with Crippen LogP contribution in [0.25, 0.3) is 5.69 Å². The molecule has 0 bridgehead atoms. The van der Waals surface area contributed by atoms with Crippen molar-refractivity contribution in [2.45, 2.75) is 62.4 Å². The van der Waals surface area contributed by atoms with Gasteiger partial charge in [0.2, 0.25) is 11.1 Å². The van der Waals surface area contributed by atoms with E-state index < -0.39 is 0 Å². The summed E-state index contributed by atoms with van der Waals surface area (Å²) in [5.41, 5.74) is 0.745. The molecule has 1 N–H and O–H groups in total. The van der Waals surface area contributed by atoms with E-state index >= 15 is 0 Å². The highest BCUT2D eigenvalue weighted by atomic mass is 32.2. The van der Waals surface area contributed by atoms with E-state index in [0.29, 0.717) is 11.2 Å². The number of aromatic nitrogens is 4. The summed E-state index contributed by atoms with van der Waals surface area (Å²) in [4.78, 5) is 15.0. The first-order valence-electron chi connectivity index (χ1n) is 9.15. The Morgan fingerprint density at radius 3 is 2.65 bits per heavy atom. The van der Waals surface area contributed by atoms with E-state index in [0.717, 1.165) is 25.1 Å². The monoisotopic (exact) mass is 375 g/mol. The molecular weight excluding hydrogens is 350 g/mol. The van der Waals surface area contributed by atoms with Gasteiger partial charge < -0.3 is 10.0 Å². The predicted octanol–water partition coefficient (Wildman–Crippen LogP) is 3.03. The SMILES string of the molecule is CCN(C(=O)[C@@H](C)Sc1nnnn1-c1ccc(O)cc1)C1CCCCC1. The number of carbonyl (C=O) groups is 1. The van der Waals surface area contributed by atoms with Crippen molar-refractivity contribution in [2.24, 2.45) is 0 Å². The number of aromatic hydroxyl groups is 1. The Kier molecular flexibility index (Phi) is 6.13. The topological polar surface area (TPSA) is 84.1 Å². The summed E-state index contributed by atoms with van der Waals surface area (Å²) in [6.45, 7) is 4.69. The van der Waals surface area contributed by atoms with Crippen LogP contribution in [-0.4, -0.2) is 54.0 Å². The quantitative estimate of drug-likeness (QED) is 0.781. The maximum absolute atomic E-state index is 13.0. The molecule has 0 unspecified atom stereocenters. The average molecular weight is 375 g/mol. The average Bonchev–Trinajstić information content (AvgIpc) is 3.12. The molecule has 1 atom stereocenters. The lowest BCUT2D eigenvalue weighted by molar-refractivity contribution is -0.133. The van der Waals surface area contributed by atoms with Crippen molar-refractivity contribution in [2.75, 3.05) is 6.54 Å². The molecule has 0 spiro atoms. The first kappa shape index (κ1) is 18.7. The van der Waals surface area contributed by atoms with Crippen LogP contribution in [0.1, 0.15) is 46.0 Å². The summed E-state index contributed by atoms with van der Waals surface area (Å²) in [7, 11) is 0. The van der Waals surface area contributed by atoms with Gasteiger partial charge in [-0.2, -0.15) is 4.68 Å². The zero-order chi connectivity index (χ0) is 18.5. The molecule has 1 heterocycles. The van der Waals surface area contributed by atoms with Crippen molar-refractivity contribution in [3.05, 3.63) is 24.3 Å². The molecule has 1 aliphatic rings. The minimum atomic E-state index is -0.265. The predicted molar refractivity (Wildman–Crippen MR) is 100 cm³/mol. The van der Waals surface area contributed by atoms with Crippen molar-refractivity contribution in [3.8, 4) is 11.4 Å². The van der Waals surface area contributed by atoms with E-state index in [-0.39, 0.29) is 16.9 Å². The van der Waals surface area contributed by atoms with Crippen LogP contribution in [0.3, 0.4) is 0 Å². The standard InChI is InChI=1S/C18H25N5O2S/c1-3-22(14-7-5-4-6-8-14)17(25)13(2)26-18-19-20-21-23(18)15-9-11-16(24)12-10-15/h9-14,24H,3-8H2,1-2H3/t13-/m1/s1. The van der Waals surface area contributed by atoms with Crippen LogP contribution in [0.15, 0.2) is 29.4 Å². The Balaban J connectivity index is 1.71. The number of rotatable bonds is 6. The van der Waals surface area contributed by atoms with Crippen LogP contribution in [0.2, 0.25) is 0 Å². The third-order valence-electron chi connectivity index (χ3n) is 4.80. The van der Waals surface area contributed by atoms with E-state index in [1.54, 1.807) is 28.9 Å². The van der Waals surface area contributed by atoms with Gasteiger partial charge in [0.1, 0.15) is 5.75 Å². The Morgan fingerprint density at radius 1 is 1.31 bits per heavy atom. The minimum absolute atomic E-state index is 0.143. The van der Waals surface area contributed by atoms with Gasteiger partial charge in [0.15, 0.2) is 0 Å². The van der Waals surface area contributed by atoms with Crippen LogP contribution in [0.4, 0.5) is 0 Å². The molecule has 140 valence electrons. The molecule has 1 amide bonds.